The number of nitrogens with one attached hydrogen (secondary N) is 1. The molecule has 2 aromatic rings. The summed E-state index contributed by atoms with van der Waals surface area (Å²) in [5.41, 5.74) is 7.45. The predicted molar refractivity (Wildman–Crippen MR) is 85.4 cm³/mol. The molecule has 2 rings (SSSR count). The lowest BCUT2D eigenvalue weighted by molar-refractivity contribution is -0.116. The van der Waals surface area contributed by atoms with E-state index in [1.807, 2.05) is 6.07 Å². The monoisotopic (exact) mass is 295 g/mol. The average Bonchev–Trinajstić information content (AvgIpc) is 2.54. The van der Waals surface area contributed by atoms with Crippen LogP contribution in [-0.4, -0.2) is 12.5 Å². The number of rotatable bonds is 6. The van der Waals surface area contributed by atoms with E-state index in [0.717, 1.165) is 5.69 Å². The summed E-state index contributed by atoms with van der Waals surface area (Å²) in [5, 5.41) is 11.7. The number of nitrogen functional groups attached to an aromatic ring is 1. The maximum atomic E-state index is 11.8. The molecular formula is C17H17N3O2. The van der Waals surface area contributed by atoms with E-state index in [2.05, 4.69) is 11.4 Å². The first kappa shape index (κ1) is 15.4. The lowest BCUT2D eigenvalue weighted by Gasteiger charge is -2.08. The van der Waals surface area contributed by atoms with Crippen LogP contribution >= 0.6 is 0 Å². The van der Waals surface area contributed by atoms with Gasteiger partial charge in [-0.05, 0) is 42.8 Å². The number of carbonyl (C=O) groups excluding carboxylic acids is 1. The summed E-state index contributed by atoms with van der Waals surface area (Å²) in [5.74, 6) is 0.464. The molecule has 5 heteroatoms. The van der Waals surface area contributed by atoms with Crippen molar-refractivity contribution in [1.29, 1.82) is 5.26 Å². The Morgan fingerprint density at radius 2 is 1.91 bits per heavy atom. The van der Waals surface area contributed by atoms with Crippen molar-refractivity contribution in [2.75, 3.05) is 17.7 Å². The zero-order valence-corrected chi connectivity index (χ0v) is 12.1. The van der Waals surface area contributed by atoms with E-state index in [1.54, 1.807) is 42.5 Å². The molecule has 0 spiro atoms. The normalized spacial score (nSPS) is 9.77. The highest BCUT2D eigenvalue weighted by atomic mass is 16.5. The first-order valence-electron chi connectivity index (χ1n) is 6.96. The fraction of sp³-hybridized carbons (Fsp3) is 0.176. The van der Waals surface area contributed by atoms with E-state index in [0.29, 0.717) is 36.4 Å². The maximum absolute atomic E-state index is 11.8. The van der Waals surface area contributed by atoms with E-state index in [1.165, 1.54) is 0 Å². The fourth-order valence-electron chi connectivity index (χ4n) is 1.89. The molecule has 0 unspecified atom stereocenters. The summed E-state index contributed by atoms with van der Waals surface area (Å²) in [7, 11) is 0. The van der Waals surface area contributed by atoms with Gasteiger partial charge in [-0.1, -0.05) is 12.1 Å². The third-order valence-corrected chi connectivity index (χ3v) is 3.01. The molecular weight excluding hydrogens is 278 g/mol. The second-order valence-corrected chi connectivity index (χ2v) is 4.73. The first-order valence-corrected chi connectivity index (χ1v) is 6.96. The molecule has 112 valence electrons. The van der Waals surface area contributed by atoms with Crippen LogP contribution in [0, 0.1) is 11.3 Å². The van der Waals surface area contributed by atoms with Crippen LogP contribution in [0.3, 0.4) is 0 Å². The van der Waals surface area contributed by atoms with E-state index in [-0.39, 0.29) is 5.91 Å². The second-order valence-electron chi connectivity index (χ2n) is 4.73. The quantitative estimate of drug-likeness (QED) is 0.633. The molecule has 1 amide bonds. The molecule has 0 fully saturated rings. The van der Waals surface area contributed by atoms with Crippen molar-refractivity contribution in [3.63, 3.8) is 0 Å². The van der Waals surface area contributed by atoms with Crippen molar-refractivity contribution >= 4 is 17.3 Å². The number of anilines is 2. The third kappa shape index (κ3) is 4.53. The standard InChI is InChI=1S/C17H17N3O2/c18-12-13-4-1-2-5-16(13)22-11-3-6-17(21)20-15-9-7-14(19)8-10-15/h1-2,4-5,7-10H,3,6,11,19H2,(H,20,21). The molecule has 2 aromatic carbocycles. The molecule has 0 saturated heterocycles. The summed E-state index contributed by atoms with van der Waals surface area (Å²) >= 11 is 0. The first-order chi connectivity index (χ1) is 10.7. The van der Waals surface area contributed by atoms with Gasteiger partial charge in [-0.25, -0.2) is 0 Å². The maximum Gasteiger partial charge on any atom is 0.224 e. The van der Waals surface area contributed by atoms with Gasteiger partial charge in [-0.3, -0.25) is 4.79 Å². The Morgan fingerprint density at radius 1 is 1.18 bits per heavy atom. The minimum atomic E-state index is -0.0815. The number of carbonyl (C=O) groups is 1. The van der Waals surface area contributed by atoms with Crippen LogP contribution in [0.15, 0.2) is 48.5 Å². The van der Waals surface area contributed by atoms with Crippen LogP contribution in [0.25, 0.3) is 0 Å². The lowest BCUT2D eigenvalue weighted by Crippen LogP contribution is -2.12. The molecule has 0 aliphatic carbocycles. The van der Waals surface area contributed by atoms with E-state index in [9.17, 15) is 4.79 Å². The highest BCUT2D eigenvalue weighted by Gasteiger charge is 2.04. The number of para-hydroxylation sites is 1. The van der Waals surface area contributed by atoms with Gasteiger partial charge in [0.25, 0.3) is 0 Å². The summed E-state index contributed by atoms with van der Waals surface area (Å²) in [6.07, 6.45) is 0.916. The second kappa shape index (κ2) is 7.70. The Morgan fingerprint density at radius 3 is 2.64 bits per heavy atom. The topological polar surface area (TPSA) is 88.1 Å². The largest absolute Gasteiger partial charge is 0.492 e. The van der Waals surface area contributed by atoms with Gasteiger partial charge >= 0.3 is 0 Å². The molecule has 0 radical (unpaired) electrons. The molecule has 0 atom stereocenters. The van der Waals surface area contributed by atoms with Gasteiger partial charge < -0.3 is 15.8 Å². The molecule has 0 aromatic heterocycles. The van der Waals surface area contributed by atoms with Crippen LogP contribution in [0.4, 0.5) is 11.4 Å². The smallest absolute Gasteiger partial charge is 0.224 e. The molecule has 0 aliphatic rings. The molecule has 0 saturated carbocycles. The number of nitrogens with two attached hydrogens (primary N) is 1. The molecule has 0 heterocycles. The molecule has 3 N–H and O–H groups in total. The number of hydrogen-bond donors (Lipinski definition) is 2. The van der Waals surface area contributed by atoms with Crippen LogP contribution in [0.5, 0.6) is 5.75 Å². The highest BCUT2D eigenvalue weighted by molar-refractivity contribution is 5.90. The SMILES string of the molecule is N#Cc1ccccc1OCCCC(=O)Nc1ccc(N)cc1. The van der Waals surface area contributed by atoms with Crippen LogP contribution in [-0.2, 0) is 4.79 Å². The van der Waals surface area contributed by atoms with Crippen LogP contribution in [0.2, 0.25) is 0 Å². The number of benzene rings is 2. The lowest BCUT2D eigenvalue weighted by atomic mass is 10.2. The Labute approximate surface area is 129 Å². The molecule has 0 bridgehead atoms. The van der Waals surface area contributed by atoms with Crippen molar-refractivity contribution in [2.45, 2.75) is 12.8 Å². The highest BCUT2D eigenvalue weighted by Crippen LogP contribution is 2.17. The zero-order valence-electron chi connectivity index (χ0n) is 12.1. The summed E-state index contributed by atoms with van der Waals surface area (Å²) in [4.78, 5) is 11.8. The number of nitriles is 1. The average molecular weight is 295 g/mol. The molecule has 0 aliphatic heterocycles. The van der Waals surface area contributed by atoms with Crippen LogP contribution < -0.4 is 15.8 Å². The summed E-state index contributed by atoms with van der Waals surface area (Å²) in [6, 6.07) is 16.1. The zero-order chi connectivity index (χ0) is 15.8. The van der Waals surface area contributed by atoms with E-state index >= 15 is 0 Å². The fourth-order valence-corrected chi connectivity index (χ4v) is 1.89. The number of ether oxygens (including phenoxy) is 1. The van der Waals surface area contributed by atoms with E-state index < -0.39 is 0 Å². The van der Waals surface area contributed by atoms with Crippen molar-refractivity contribution in [3.05, 3.63) is 54.1 Å². The van der Waals surface area contributed by atoms with Gasteiger partial charge in [-0.15, -0.1) is 0 Å². The van der Waals surface area contributed by atoms with Crippen molar-refractivity contribution < 1.29 is 9.53 Å². The van der Waals surface area contributed by atoms with Crippen molar-refractivity contribution in [1.82, 2.24) is 0 Å². The number of hydrogen-bond acceptors (Lipinski definition) is 4. The number of nitrogens with zero attached hydrogens (tertiary/aromatic N) is 1. The van der Waals surface area contributed by atoms with Gasteiger partial charge in [0.15, 0.2) is 0 Å². The predicted octanol–water partition coefficient (Wildman–Crippen LogP) is 2.94. The minimum Gasteiger partial charge on any atom is -0.492 e. The van der Waals surface area contributed by atoms with Gasteiger partial charge in [0, 0.05) is 17.8 Å². The van der Waals surface area contributed by atoms with Gasteiger partial charge in [0.05, 0.1) is 12.2 Å². The van der Waals surface area contributed by atoms with Crippen LogP contribution in [0.1, 0.15) is 18.4 Å². The minimum absolute atomic E-state index is 0.0815. The van der Waals surface area contributed by atoms with Gasteiger partial charge in [-0.2, -0.15) is 5.26 Å². The van der Waals surface area contributed by atoms with Gasteiger partial charge in [0.2, 0.25) is 5.91 Å². The number of amides is 1. The molecule has 5 nitrogen and oxygen atoms in total. The summed E-state index contributed by atoms with van der Waals surface area (Å²) in [6.45, 7) is 0.383. The van der Waals surface area contributed by atoms with Gasteiger partial charge in [0.1, 0.15) is 11.8 Å². The van der Waals surface area contributed by atoms with Crippen molar-refractivity contribution in [3.8, 4) is 11.8 Å². The Kier molecular flexibility index (Phi) is 5.38. The van der Waals surface area contributed by atoms with E-state index in [4.69, 9.17) is 15.7 Å². The summed E-state index contributed by atoms with van der Waals surface area (Å²) < 4.78 is 5.53. The molecule has 22 heavy (non-hydrogen) atoms. The Balaban J connectivity index is 1.73. The Bertz CT molecular complexity index is 675. The Hall–Kier alpha value is -3.00. The van der Waals surface area contributed by atoms with Crippen molar-refractivity contribution in [2.24, 2.45) is 0 Å². The third-order valence-electron chi connectivity index (χ3n) is 3.01.